The van der Waals surface area contributed by atoms with E-state index in [4.69, 9.17) is 22.2 Å². The lowest BCUT2D eigenvalue weighted by molar-refractivity contribution is 0.397. The lowest BCUT2D eigenvalue weighted by Gasteiger charge is -2.19. The van der Waals surface area contributed by atoms with Gasteiger partial charge in [0, 0.05) is 11.8 Å². The normalized spacial score (nSPS) is 12.2. The van der Waals surface area contributed by atoms with Crippen molar-refractivity contribution < 1.29 is 9.13 Å². The Morgan fingerprint density at radius 3 is 2.90 bits per heavy atom. The van der Waals surface area contributed by atoms with Crippen molar-refractivity contribution in [1.29, 1.82) is 0 Å². The van der Waals surface area contributed by atoms with Gasteiger partial charge in [-0.3, -0.25) is 16.3 Å². The molecule has 1 atom stereocenters. The van der Waals surface area contributed by atoms with Gasteiger partial charge < -0.3 is 4.74 Å². The lowest BCUT2D eigenvalue weighted by atomic mass is 9.99. The van der Waals surface area contributed by atoms with E-state index < -0.39 is 5.82 Å². The van der Waals surface area contributed by atoms with Crippen molar-refractivity contribution in [2.45, 2.75) is 12.5 Å². The maximum atomic E-state index is 13.2. The van der Waals surface area contributed by atoms with E-state index in [0.717, 1.165) is 11.1 Å². The molecule has 1 unspecified atom stereocenters. The molecule has 0 radical (unpaired) electrons. The van der Waals surface area contributed by atoms with Gasteiger partial charge in [0.05, 0.1) is 24.4 Å². The van der Waals surface area contributed by atoms with Crippen molar-refractivity contribution in [3.63, 3.8) is 0 Å². The van der Waals surface area contributed by atoms with Crippen molar-refractivity contribution in [2.75, 3.05) is 7.11 Å². The van der Waals surface area contributed by atoms with Crippen LogP contribution in [-0.2, 0) is 6.42 Å². The first-order valence-electron chi connectivity index (χ1n) is 6.03. The highest BCUT2D eigenvalue weighted by molar-refractivity contribution is 6.30. The summed E-state index contributed by atoms with van der Waals surface area (Å²) in [5.41, 5.74) is 4.48. The van der Waals surface area contributed by atoms with Gasteiger partial charge in [-0.05, 0) is 30.2 Å². The van der Waals surface area contributed by atoms with Gasteiger partial charge in [0.1, 0.15) is 11.6 Å². The van der Waals surface area contributed by atoms with Crippen LogP contribution in [-0.4, -0.2) is 12.1 Å². The predicted octanol–water partition coefficient (Wildman–Crippen LogP) is 2.63. The average Bonchev–Trinajstić information content (AvgIpc) is 2.48. The number of nitrogens with zero attached hydrogens (tertiary/aromatic N) is 1. The van der Waals surface area contributed by atoms with Crippen LogP contribution in [0.1, 0.15) is 17.2 Å². The zero-order chi connectivity index (χ0) is 14.5. The summed E-state index contributed by atoms with van der Waals surface area (Å²) in [6.07, 6.45) is 3.84. The Morgan fingerprint density at radius 2 is 2.25 bits per heavy atom. The summed E-state index contributed by atoms with van der Waals surface area (Å²) in [6, 6.07) is 6.26. The van der Waals surface area contributed by atoms with Crippen molar-refractivity contribution >= 4 is 11.6 Å². The van der Waals surface area contributed by atoms with Gasteiger partial charge in [0.15, 0.2) is 0 Å². The van der Waals surface area contributed by atoms with Gasteiger partial charge in [0.2, 0.25) is 0 Å². The van der Waals surface area contributed by atoms with E-state index in [0.29, 0.717) is 12.2 Å². The molecule has 0 aliphatic heterocycles. The third-order valence-corrected chi connectivity index (χ3v) is 3.33. The largest absolute Gasteiger partial charge is 0.495 e. The third kappa shape index (κ3) is 3.25. The highest BCUT2D eigenvalue weighted by Gasteiger charge is 2.16. The maximum absolute atomic E-state index is 13.2. The molecule has 0 aliphatic carbocycles. The quantitative estimate of drug-likeness (QED) is 0.657. The standard InChI is InChI=1S/C14H15ClFN3O/c1-20-14-8-18-5-4-10(14)13(19-17)7-9-2-3-12(16)11(15)6-9/h2-6,8,13,19H,7,17H2,1H3. The molecule has 0 saturated carbocycles. The van der Waals surface area contributed by atoms with Crippen molar-refractivity contribution in [3.8, 4) is 5.75 Å². The SMILES string of the molecule is COc1cnccc1C(Cc1ccc(F)c(Cl)c1)NN. The molecule has 2 rings (SSSR count). The maximum Gasteiger partial charge on any atom is 0.141 e. The van der Waals surface area contributed by atoms with E-state index in [2.05, 4.69) is 10.4 Å². The molecule has 1 aromatic carbocycles. The number of nitrogens with two attached hydrogens (primary N) is 1. The number of pyridine rings is 1. The smallest absolute Gasteiger partial charge is 0.141 e. The van der Waals surface area contributed by atoms with Gasteiger partial charge in [-0.2, -0.15) is 0 Å². The van der Waals surface area contributed by atoms with Gasteiger partial charge >= 0.3 is 0 Å². The summed E-state index contributed by atoms with van der Waals surface area (Å²) in [5, 5.41) is 0.0972. The Labute approximate surface area is 121 Å². The Balaban J connectivity index is 2.26. The van der Waals surface area contributed by atoms with Crippen LogP contribution in [0.2, 0.25) is 5.02 Å². The topological polar surface area (TPSA) is 60.2 Å². The molecular formula is C14H15ClFN3O. The molecule has 4 nitrogen and oxygen atoms in total. The summed E-state index contributed by atoms with van der Waals surface area (Å²) in [6.45, 7) is 0. The molecule has 1 heterocycles. The van der Waals surface area contributed by atoms with E-state index in [1.807, 2.05) is 6.07 Å². The molecule has 3 N–H and O–H groups in total. The van der Waals surface area contributed by atoms with Crippen molar-refractivity contribution in [2.24, 2.45) is 5.84 Å². The first kappa shape index (κ1) is 14.7. The van der Waals surface area contributed by atoms with Crippen LogP contribution in [0.5, 0.6) is 5.75 Å². The van der Waals surface area contributed by atoms with E-state index in [1.54, 1.807) is 31.6 Å². The van der Waals surface area contributed by atoms with Crippen LogP contribution in [0.4, 0.5) is 4.39 Å². The van der Waals surface area contributed by atoms with Crippen LogP contribution in [0.3, 0.4) is 0 Å². The summed E-state index contributed by atoms with van der Waals surface area (Å²) in [4.78, 5) is 4.00. The second kappa shape index (κ2) is 6.65. The van der Waals surface area contributed by atoms with Gasteiger partial charge in [-0.1, -0.05) is 17.7 Å². The van der Waals surface area contributed by atoms with Crippen LogP contribution >= 0.6 is 11.6 Å². The number of aromatic nitrogens is 1. The molecule has 6 heteroatoms. The van der Waals surface area contributed by atoms with Gasteiger partial charge in [-0.15, -0.1) is 0 Å². The third-order valence-electron chi connectivity index (χ3n) is 3.04. The summed E-state index contributed by atoms with van der Waals surface area (Å²) in [5.74, 6) is 5.82. The molecule has 20 heavy (non-hydrogen) atoms. The van der Waals surface area contributed by atoms with Crippen LogP contribution in [0.15, 0.2) is 36.7 Å². The molecule has 0 fully saturated rings. The summed E-state index contributed by atoms with van der Waals surface area (Å²) < 4.78 is 18.4. The fraction of sp³-hybridized carbons (Fsp3) is 0.214. The minimum absolute atomic E-state index is 0.0972. The molecular weight excluding hydrogens is 281 g/mol. The van der Waals surface area contributed by atoms with Crippen molar-refractivity contribution in [3.05, 3.63) is 58.6 Å². The number of benzene rings is 1. The first-order valence-corrected chi connectivity index (χ1v) is 6.41. The number of methoxy groups -OCH3 is 1. The highest BCUT2D eigenvalue weighted by Crippen LogP contribution is 2.27. The lowest BCUT2D eigenvalue weighted by Crippen LogP contribution is -2.30. The Bertz CT molecular complexity index is 594. The Kier molecular flexibility index (Phi) is 4.89. The minimum Gasteiger partial charge on any atom is -0.495 e. The van der Waals surface area contributed by atoms with Gasteiger partial charge in [0.25, 0.3) is 0 Å². The van der Waals surface area contributed by atoms with Crippen molar-refractivity contribution in [1.82, 2.24) is 10.4 Å². The molecule has 1 aromatic heterocycles. The molecule has 0 spiro atoms. The Hall–Kier alpha value is -1.69. The average molecular weight is 296 g/mol. The predicted molar refractivity (Wildman–Crippen MR) is 76.0 cm³/mol. The number of ether oxygens (including phenoxy) is 1. The second-order valence-corrected chi connectivity index (χ2v) is 4.70. The number of hydrogen-bond acceptors (Lipinski definition) is 4. The van der Waals surface area contributed by atoms with Crippen LogP contribution in [0.25, 0.3) is 0 Å². The summed E-state index contributed by atoms with van der Waals surface area (Å²) in [7, 11) is 1.57. The van der Waals surface area contributed by atoms with Gasteiger partial charge in [-0.25, -0.2) is 4.39 Å². The highest BCUT2D eigenvalue weighted by atomic mass is 35.5. The van der Waals surface area contributed by atoms with E-state index in [9.17, 15) is 4.39 Å². The van der Waals surface area contributed by atoms with Crippen LogP contribution < -0.4 is 16.0 Å². The molecule has 0 aliphatic rings. The number of rotatable bonds is 5. The monoisotopic (exact) mass is 295 g/mol. The molecule has 106 valence electrons. The number of hydrogen-bond donors (Lipinski definition) is 2. The Morgan fingerprint density at radius 1 is 1.45 bits per heavy atom. The zero-order valence-corrected chi connectivity index (χ0v) is 11.7. The summed E-state index contributed by atoms with van der Waals surface area (Å²) >= 11 is 5.78. The number of hydrazine groups is 1. The van der Waals surface area contributed by atoms with E-state index >= 15 is 0 Å². The van der Waals surface area contributed by atoms with E-state index in [-0.39, 0.29) is 11.1 Å². The zero-order valence-electron chi connectivity index (χ0n) is 10.9. The molecule has 0 bridgehead atoms. The van der Waals surface area contributed by atoms with E-state index in [1.165, 1.54) is 6.07 Å². The minimum atomic E-state index is -0.436. The second-order valence-electron chi connectivity index (χ2n) is 4.29. The first-order chi connectivity index (χ1) is 9.65. The fourth-order valence-electron chi connectivity index (χ4n) is 2.01. The molecule has 0 saturated heterocycles. The molecule has 0 amide bonds. The molecule has 2 aromatic rings. The fourth-order valence-corrected chi connectivity index (χ4v) is 2.21. The number of nitrogens with one attached hydrogen (secondary N) is 1. The van der Waals surface area contributed by atoms with Crippen LogP contribution in [0, 0.1) is 5.82 Å². The number of halogens is 2.